The number of aromatic nitrogens is 1. The van der Waals surface area contributed by atoms with E-state index in [-0.39, 0.29) is 6.73 Å². The van der Waals surface area contributed by atoms with Crippen LogP contribution in [0.3, 0.4) is 0 Å². The summed E-state index contributed by atoms with van der Waals surface area (Å²) < 4.78 is 5.38. The van der Waals surface area contributed by atoms with E-state index in [1.807, 2.05) is 6.92 Å². The van der Waals surface area contributed by atoms with Crippen molar-refractivity contribution < 1.29 is 9.50 Å². The predicted octanol–water partition coefficient (Wildman–Crippen LogP) is 1.81. The van der Waals surface area contributed by atoms with Crippen LogP contribution in [0.5, 0.6) is 0 Å². The molecule has 0 amide bonds. The van der Waals surface area contributed by atoms with Crippen LogP contribution in [-0.4, -0.2) is 23.6 Å². The molecule has 0 unspecified atom stereocenters. The molecule has 1 heterocycles. The number of hydrogen-bond donors (Lipinski definition) is 0. The van der Waals surface area contributed by atoms with Gasteiger partial charge in [-0.1, -0.05) is 0 Å². The standard InChI is InChI=1S/C8H11N2O2S/c1-7-8(13-5-9-7)3-4-10(11)6-12-2/h3-5H,6H2,1-2H3/q+1/b4-3+. The lowest BCUT2D eigenvalue weighted by Crippen LogP contribution is -2.02. The minimum atomic E-state index is 0.0500. The van der Waals surface area contributed by atoms with Crippen LogP contribution in [0.2, 0.25) is 0 Å². The van der Waals surface area contributed by atoms with Gasteiger partial charge in [-0.3, -0.25) is 0 Å². The fourth-order valence-electron chi connectivity index (χ4n) is 0.792. The van der Waals surface area contributed by atoms with E-state index in [0.29, 0.717) is 0 Å². The molecule has 0 aromatic carbocycles. The maximum atomic E-state index is 10.9. The molecule has 0 aliphatic heterocycles. The molecular formula is C8H11N2O2S+. The molecule has 5 heteroatoms. The van der Waals surface area contributed by atoms with Crippen molar-refractivity contribution in [3.8, 4) is 0 Å². The van der Waals surface area contributed by atoms with Gasteiger partial charge in [0.05, 0.1) is 20.8 Å². The van der Waals surface area contributed by atoms with Gasteiger partial charge in [0.1, 0.15) is 0 Å². The quantitative estimate of drug-likeness (QED) is 0.548. The molecule has 0 aliphatic carbocycles. The molecule has 0 aliphatic rings. The minimum absolute atomic E-state index is 0.0500. The number of ether oxygens (including phenoxy) is 1. The molecule has 4 nitrogen and oxygen atoms in total. The Morgan fingerprint density at radius 2 is 2.54 bits per heavy atom. The zero-order chi connectivity index (χ0) is 9.68. The molecule has 1 aromatic rings. The van der Waals surface area contributed by atoms with E-state index in [1.54, 1.807) is 11.6 Å². The summed E-state index contributed by atoms with van der Waals surface area (Å²) in [7, 11) is 1.48. The van der Waals surface area contributed by atoms with Gasteiger partial charge in [-0.15, -0.1) is 11.3 Å². The van der Waals surface area contributed by atoms with Crippen molar-refractivity contribution in [1.29, 1.82) is 0 Å². The van der Waals surface area contributed by atoms with E-state index in [9.17, 15) is 4.91 Å². The Kier molecular flexibility index (Phi) is 3.72. The Bertz CT molecular complexity index is 320. The van der Waals surface area contributed by atoms with Crippen LogP contribution in [0, 0.1) is 11.8 Å². The monoisotopic (exact) mass is 199 g/mol. The van der Waals surface area contributed by atoms with Gasteiger partial charge in [-0.2, -0.15) is 0 Å². The van der Waals surface area contributed by atoms with Gasteiger partial charge in [0.2, 0.25) is 6.20 Å². The zero-order valence-corrected chi connectivity index (χ0v) is 8.37. The largest absolute Gasteiger partial charge is 0.323 e. The molecule has 0 radical (unpaired) electrons. The van der Waals surface area contributed by atoms with Crippen molar-refractivity contribution in [1.82, 2.24) is 4.98 Å². The van der Waals surface area contributed by atoms with E-state index in [0.717, 1.165) is 15.3 Å². The van der Waals surface area contributed by atoms with Gasteiger partial charge in [-0.25, -0.2) is 4.98 Å². The molecule has 0 atom stereocenters. The normalized spacial score (nSPS) is 10.9. The van der Waals surface area contributed by atoms with Gasteiger partial charge in [0.15, 0.2) is 0 Å². The van der Waals surface area contributed by atoms with E-state index in [4.69, 9.17) is 0 Å². The summed E-state index contributed by atoms with van der Waals surface area (Å²) in [5.41, 5.74) is 2.69. The Balaban J connectivity index is 2.58. The number of methoxy groups -OCH3 is 1. The van der Waals surface area contributed by atoms with E-state index >= 15 is 0 Å². The van der Waals surface area contributed by atoms with Crippen LogP contribution in [0.25, 0.3) is 6.08 Å². The molecule has 0 spiro atoms. The molecule has 70 valence electrons. The third-order valence-electron chi connectivity index (χ3n) is 1.43. The average Bonchev–Trinajstić information content (AvgIpc) is 2.48. The van der Waals surface area contributed by atoms with Gasteiger partial charge in [0.25, 0.3) is 0 Å². The SMILES string of the molecule is COC[N+](=O)/C=C/c1scnc1C. The number of rotatable bonds is 4. The van der Waals surface area contributed by atoms with Gasteiger partial charge in [0, 0.05) is 18.1 Å². The summed E-state index contributed by atoms with van der Waals surface area (Å²) in [5, 5.41) is 0. The second-order valence-electron chi connectivity index (χ2n) is 2.45. The maximum absolute atomic E-state index is 10.9. The summed E-state index contributed by atoms with van der Waals surface area (Å²) in [5.74, 6) is 0. The summed E-state index contributed by atoms with van der Waals surface area (Å²) in [6.07, 6.45) is 3.17. The van der Waals surface area contributed by atoms with Crippen LogP contribution in [0.1, 0.15) is 10.6 Å². The summed E-state index contributed by atoms with van der Waals surface area (Å²) in [6, 6.07) is 0. The summed E-state index contributed by atoms with van der Waals surface area (Å²) in [4.78, 5) is 16.0. The fraction of sp³-hybridized carbons (Fsp3) is 0.375. The number of thiazole rings is 1. The molecule has 0 fully saturated rings. The molecule has 1 rings (SSSR count). The van der Waals surface area contributed by atoms with Crippen molar-refractivity contribution >= 4 is 17.4 Å². The highest BCUT2D eigenvalue weighted by Crippen LogP contribution is 2.13. The summed E-state index contributed by atoms with van der Waals surface area (Å²) >= 11 is 1.51. The van der Waals surface area contributed by atoms with E-state index < -0.39 is 0 Å². The first-order chi connectivity index (χ1) is 6.24. The highest BCUT2D eigenvalue weighted by atomic mass is 32.1. The van der Waals surface area contributed by atoms with E-state index in [1.165, 1.54) is 24.6 Å². The molecule has 1 aromatic heterocycles. The number of nitrogens with zero attached hydrogens (tertiary/aromatic N) is 2. The highest BCUT2D eigenvalue weighted by molar-refractivity contribution is 7.10. The predicted molar refractivity (Wildman–Crippen MR) is 51.4 cm³/mol. The van der Waals surface area contributed by atoms with Crippen LogP contribution < -0.4 is 0 Å². The number of nitroso groups, excluding NO2 is 1. The Morgan fingerprint density at radius 1 is 1.77 bits per heavy atom. The first-order valence-electron chi connectivity index (χ1n) is 3.75. The smallest absolute Gasteiger partial charge is 0.301 e. The minimum Gasteiger partial charge on any atom is -0.323 e. The molecule has 13 heavy (non-hydrogen) atoms. The van der Waals surface area contributed by atoms with E-state index in [2.05, 4.69) is 9.72 Å². The van der Waals surface area contributed by atoms with Gasteiger partial charge in [-0.05, 0) is 6.92 Å². The second-order valence-corrected chi connectivity index (χ2v) is 3.34. The van der Waals surface area contributed by atoms with Crippen LogP contribution in [0.4, 0.5) is 0 Å². The zero-order valence-electron chi connectivity index (χ0n) is 7.56. The average molecular weight is 199 g/mol. The van der Waals surface area contributed by atoms with Crippen molar-refractivity contribution in [3.05, 3.63) is 27.2 Å². The van der Waals surface area contributed by atoms with Crippen LogP contribution in [-0.2, 0) is 4.74 Å². The Labute approximate surface area is 80.4 Å². The maximum Gasteiger partial charge on any atom is 0.301 e. The molecular weight excluding hydrogens is 188 g/mol. The molecule has 0 bridgehead atoms. The Morgan fingerprint density at radius 3 is 3.08 bits per heavy atom. The Hall–Kier alpha value is -1.07. The third-order valence-corrected chi connectivity index (χ3v) is 2.33. The van der Waals surface area contributed by atoms with Crippen molar-refractivity contribution in [2.45, 2.75) is 6.92 Å². The second kappa shape index (κ2) is 4.84. The molecule has 0 saturated carbocycles. The van der Waals surface area contributed by atoms with Crippen LogP contribution >= 0.6 is 11.3 Å². The fourth-order valence-corrected chi connectivity index (χ4v) is 1.48. The van der Waals surface area contributed by atoms with Crippen molar-refractivity contribution in [2.75, 3.05) is 13.8 Å². The lowest BCUT2D eigenvalue weighted by atomic mass is 10.4. The lowest BCUT2D eigenvalue weighted by Gasteiger charge is -1.85. The summed E-state index contributed by atoms with van der Waals surface area (Å²) in [6.45, 7) is 1.95. The molecule has 0 N–H and O–H groups in total. The van der Waals surface area contributed by atoms with Crippen LogP contribution in [0.15, 0.2) is 11.7 Å². The topological polar surface area (TPSA) is 42.2 Å². The van der Waals surface area contributed by atoms with Crippen molar-refractivity contribution in [2.24, 2.45) is 0 Å². The highest BCUT2D eigenvalue weighted by Gasteiger charge is 2.02. The first-order valence-corrected chi connectivity index (χ1v) is 4.63. The van der Waals surface area contributed by atoms with Gasteiger partial charge >= 0.3 is 6.73 Å². The van der Waals surface area contributed by atoms with Gasteiger partial charge < -0.3 is 4.74 Å². The number of hydrogen-bond acceptors (Lipinski definition) is 4. The first kappa shape index (κ1) is 10.0. The number of aryl methyl sites for hydroxylation is 1. The molecule has 0 saturated heterocycles. The third kappa shape index (κ3) is 3.04. The van der Waals surface area contributed by atoms with Crippen molar-refractivity contribution in [3.63, 3.8) is 0 Å². The lowest BCUT2D eigenvalue weighted by molar-refractivity contribution is -0.521.